The number of amides is 3. The standard InChI is InChI=1S/C28H34N6O5/c35-26(20-5-8-23(9-6-20)34(38)39)30-24-19-22(28(37)32-13-2-11-29-12-14-32)7-10-25(24)31-15-17-33(18-16-31)27(36)21-3-1-4-21/h5-10,19,21,29H,1-4,11-18H2,(H,30,35). The first kappa shape index (κ1) is 26.6. The summed E-state index contributed by atoms with van der Waals surface area (Å²) in [4.78, 5) is 55.6. The van der Waals surface area contributed by atoms with Crippen molar-refractivity contribution in [2.45, 2.75) is 25.7 Å². The van der Waals surface area contributed by atoms with Gasteiger partial charge in [-0.15, -0.1) is 0 Å². The molecule has 2 N–H and O–H groups in total. The minimum absolute atomic E-state index is 0.0907. The number of carbonyl (C=O) groups excluding carboxylic acids is 3. The molecule has 2 saturated heterocycles. The summed E-state index contributed by atoms with van der Waals surface area (Å²) in [5.74, 6) is -0.117. The topological polar surface area (TPSA) is 128 Å². The second-order valence-corrected chi connectivity index (χ2v) is 10.3. The lowest BCUT2D eigenvalue weighted by atomic mass is 9.84. The molecule has 0 spiro atoms. The molecule has 3 amide bonds. The molecule has 39 heavy (non-hydrogen) atoms. The van der Waals surface area contributed by atoms with Crippen LogP contribution in [0.5, 0.6) is 0 Å². The Morgan fingerprint density at radius 1 is 0.846 bits per heavy atom. The van der Waals surface area contributed by atoms with Crippen LogP contribution in [0, 0.1) is 16.0 Å². The van der Waals surface area contributed by atoms with E-state index in [2.05, 4.69) is 15.5 Å². The molecule has 11 heteroatoms. The maximum absolute atomic E-state index is 13.3. The average Bonchev–Trinajstić information content (AvgIpc) is 3.21. The number of hydrogen-bond acceptors (Lipinski definition) is 7. The van der Waals surface area contributed by atoms with Gasteiger partial charge in [-0.05, 0) is 56.1 Å². The summed E-state index contributed by atoms with van der Waals surface area (Å²) in [6, 6.07) is 10.8. The molecule has 1 aliphatic carbocycles. The van der Waals surface area contributed by atoms with Gasteiger partial charge >= 0.3 is 0 Å². The summed E-state index contributed by atoms with van der Waals surface area (Å²) in [5, 5.41) is 17.2. The largest absolute Gasteiger partial charge is 0.366 e. The molecule has 206 valence electrons. The number of carbonyl (C=O) groups is 3. The van der Waals surface area contributed by atoms with Gasteiger partial charge in [0.1, 0.15) is 0 Å². The lowest BCUT2D eigenvalue weighted by Crippen LogP contribution is -2.51. The third kappa shape index (κ3) is 6.03. The smallest absolute Gasteiger partial charge is 0.269 e. The number of rotatable bonds is 6. The van der Waals surface area contributed by atoms with E-state index in [4.69, 9.17) is 0 Å². The summed E-state index contributed by atoms with van der Waals surface area (Å²) in [6.07, 6.45) is 3.94. The molecule has 1 saturated carbocycles. The highest BCUT2D eigenvalue weighted by atomic mass is 16.6. The van der Waals surface area contributed by atoms with E-state index < -0.39 is 10.8 Å². The Kier molecular flexibility index (Phi) is 8.06. The van der Waals surface area contributed by atoms with Crippen molar-refractivity contribution in [2.24, 2.45) is 5.92 Å². The normalized spacial score (nSPS) is 18.2. The molecule has 0 bridgehead atoms. The molecule has 2 heterocycles. The van der Waals surface area contributed by atoms with Gasteiger partial charge in [0.05, 0.1) is 16.3 Å². The van der Waals surface area contributed by atoms with Gasteiger partial charge in [0.2, 0.25) is 5.91 Å². The molecule has 0 radical (unpaired) electrons. The lowest BCUT2D eigenvalue weighted by Gasteiger charge is -2.39. The number of nitro groups is 1. The summed E-state index contributed by atoms with van der Waals surface area (Å²) in [6.45, 7) is 5.32. The molecule has 3 fully saturated rings. The van der Waals surface area contributed by atoms with E-state index >= 15 is 0 Å². The zero-order chi connectivity index (χ0) is 27.4. The van der Waals surface area contributed by atoms with Gasteiger partial charge in [0.25, 0.3) is 17.5 Å². The van der Waals surface area contributed by atoms with Crippen LogP contribution in [0.2, 0.25) is 0 Å². The number of nitrogens with zero attached hydrogens (tertiary/aromatic N) is 4. The minimum Gasteiger partial charge on any atom is -0.366 e. The summed E-state index contributed by atoms with van der Waals surface area (Å²) < 4.78 is 0. The van der Waals surface area contributed by atoms with Crippen molar-refractivity contribution in [1.29, 1.82) is 0 Å². The van der Waals surface area contributed by atoms with Gasteiger partial charge in [0, 0.05) is 75.0 Å². The van der Waals surface area contributed by atoms with E-state index in [1.54, 1.807) is 12.1 Å². The van der Waals surface area contributed by atoms with Crippen molar-refractivity contribution in [2.75, 3.05) is 62.6 Å². The quantitative estimate of drug-likeness (QED) is 0.431. The summed E-state index contributed by atoms with van der Waals surface area (Å²) in [7, 11) is 0. The first-order valence-electron chi connectivity index (χ1n) is 13.6. The van der Waals surface area contributed by atoms with Crippen LogP contribution in [-0.2, 0) is 4.79 Å². The van der Waals surface area contributed by atoms with Crippen molar-refractivity contribution in [3.63, 3.8) is 0 Å². The Morgan fingerprint density at radius 2 is 1.56 bits per heavy atom. The fourth-order valence-corrected chi connectivity index (χ4v) is 5.29. The van der Waals surface area contributed by atoms with Gasteiger partial charge < -0.3 is 25.3 Å². The van der Waals surface area contributed by atoms with E-state index in [1.165, 1.54) is 24.3 Å². The predicted octanol–water partition coefficient (Wildman–Crippen LogP) is 2.73. The van der Waals surface area contributed by atoms with Crippen LogP contribution in [0.3, 0.4) is 0 Å². The zero-order valence-corrected chi connectivity index (χ0v) is 21.9. The van der Waals surface area contributed by atoms with Crippen molar-refractivity contribution in [1.82, 2.24) is 15.1 Å². The number of non-ortho nitro benzene ring substituents is 1. The Balaban J connectivity index is 1.37. The second-order valence-electron chi connectivity index (χ2n) is 10.3. The molecule has 11 nitrogen and oxygen atoms in total. The van der Waals surface area contributed by atoms with Crippen LogP contribution in [0.25, 0.3) is 0 Å². The molecule has 0 aromatic heterocycles. The highest BCUT2D eigenvalue weighted by Gasteiger charge is 2.32. The third-order valence-corrected chi connectivity index (χ3v) is 7.85. The van der Waals surface area contributed by atoms with E-state index in [1.807, 2.05) is 15.9 Å². The number of nitrogens with one attached hydrogen (secondary N) is 2. The zero-order valence-electron chi connectivity index (χ0n) is 21.9. The van der Waals surface area contributed by atoms with Gasteiger partial charge in [-0.2, -0.15) is 0 Å². The summed E-state index contributed by atoms with van der Waals surface area (Å²) in [5.41, 5.74) is 1.93. The van der Waals surface area contributed by atoms with Crippen LogP contribution in [0.1, 0.15) is 46.4 Å². The number of piperazine rings is 1. The molecule has 3 aliphatic rings. The molecule has 2 aromatic rings. The van der Waals surface area contributed by atoms with Gasteiger partial charge in [-0.1, -0.05) is 6.42 Å². The third-order valence-electron chi connectivity index (χ3n) is 7.85. The number of hydrogen-bond donors (Lipinski definition) is 2. The first-order valence-corrected chi connectivity index (χ1v) is 13.6. The van der Waals surface area contributed by atoms with Crippen LogP contribution < -0.4 is 15.5 Å². The van der Waals surface area contributed by atoms with Crippen molar-refractivity contribution in [3.05, 3.63) is 63.7 Å². The van der Waals surface area contributed by atoms with Gasteiger partial charge in [-0.25, -0.2) is 0 Å². The maximum Gasteiger partial charge on any atom is 0.269 e. The predicted molar refractivity (Wildman–Crippen MR) is 147 cm³/mol. The van der Waals surface area contributed by atoms with Crippen molar-refractivity contribution in [3.8, 4) is 0 Å². The maximum atomic E-state index is 13.3. The molecular formula is C28H34N6O5. The fraction of sp³-hybridized carbons (Fsp3) is 0.464. The Labute approximate surface area is 227 Å². The average molecular weight is 535 g/mol. The van der Waals surface area contributed by atoms with Gasteiger partial charge in [-0.3, -0.25) is 24.5 Å². The Hall–Kier alpha value is -3.99. The summed E-state index contributed by atoms with van der Waals surface area (Å²) >= 11 is 0. The lowest BCUT2D eigenvalue weighted by molar-refractivity contribution is -0.384. The second kappa shape index (κ2) is 11.8. The Bertz CT molecular complexity index is 1230. The Morgan fingerprint density at radius 3 is 2.23 bits per heavy atom. The molecule has 2 aromatic carbocycles. The van der Waals surface area contributed by atoms with Crippen LogP contribution in [0.4, 0.5) is 17.1 Å². The van der Waals surface area contributed by atoms with Crippen molar-refractivity contribution >= 4 is 34.8 Å². The van der Waals surface area contributed by atoms with Crippen LogP contribution in [-0.4, -0.2) is 84.8 Å². The highest BCUT2D eigenvalue weighted by Crippen LogP contribution is 2.32. The molecule has 5 rings (SSSR count). The van der Waals surface area contributed by atoms with Crippen LogP contribution >= 0.6 is 0 Å². The molecular weight excluding hydrogens is 500 g/mol. The van der Waals surface area contributed by atoms with E-state index in [0.717, 1.165) is 44.5 Å². The number of nitro benzene ring substituents is 1. The number of anilines is 2. The molecule has 0 unspecified atom stereocenters. The monoisotopic (exact) mass is 534 g/mol. The number of benzene rings is 2. The van der Waals surface area contributed by atoms with Gasteiger partial charge in [0.15, 0.2) is 0 Å². The SMILES string of the molecule is O=C(Nc1cc(C(=O)N2CCCNCC2)ccc1N1CCN(C(=O)C2CCC2)CC1)c1ccc([N+](=O)[O-])cc1. The van der Waals surface area contributed by atoms with Crippen molar-refractivity contribution < 1.29 is 19.3 Å². The fourth-order valence-electron chi connectivity index (χ4n) is 5.29. The van der Waals surface area contributed by atoms with E-state index in [0.29, 0.717) is 50.5 Å². The molecule has 0 atom stereocenters. The van der Waals surface area contributed by atoms with E-state index in [-0.39, 0.29) is 29.0 Å². The molecule has 2 aliphatic heterocycles. The van der Waals surface area contributed by atoms with E-state index in [9.17, 15) is 24.5 Å². The van der Waals surface area contributed by atoms with Crippen LogP contribution in [0.15, 0.2) is 42.5 Å². The minimum atomic E-state index is -0.511. The first-order chi connectivity index (χ1) is 18.9. The highest BCUT2D eigenvalue weighted by molar-refractivity contribution is 6.07.